The molecule has 0 atom stereocenters. The second-order valence-electron chi connectivity index (χ2n) is 1.10. The monoisotopic (exact) mass is 252 g/mol. The number of aliphatic hydroxyl groups is 2. The van der Waals surface area contributed by atoms with E-state index < -0.39 is 25.2 Å². The molecule has 0 heterocycles. The van der Waals surface area contributed by atoms with Crippen molar-refractivity contribution < 1.29 is 60.4 Å². The average Bonchev–Trinajstić information content (AvgIpc) is 1.89. The SMILES string of the molecule is O.O.O=C(O)CO.O=C(O)CO.[Zn]. The zero-order chi connectivity index (χ0) is 8.57. The van der Waals surface area contributed by atoms with Gasteiger partial charge >= 0.3 is 11.9 Å². The zero-order valence-electron chi connectivity index (χ0n) is 6.73. The van der Waals surface area contributed by atoms with Gasteiger partial charge < -0.3 is 31.4 Å². The van der Waals surface area contributed by atoms with Gasteiger partial charge in [0.2, 0.25) is 0 Å². The third-order valence-electron chi connectivity index (χ3n) is 0.271. The van der Waals surface area contributed by atoms with Crippen LogP contribution in [0.5, 0.6) is 0 Å². The van der Waals surface area contributed by atoms with Gasteiger partial charge in [-0.1, -0.05) is 0 Å². The Balaban J connectivity index is -0.0000000267. The fourth-order valence-electron chi connectivity index (χ4n) is 0. The van der Waals surface area contributed by atoms with E-state index in [1.165, 1.54) is 0 Å². The van der Waals surface area contributed by atoms with Crippen molar-refractivity contribution in [1.82, 2.24) is 0 Å². The van der Waals surface area contributed by atoms with Crippen LogP contribution in [0.4, 0.5) is 0 Å². The van der Waals surface area contributed by atoms with Crippen molar-refractivity contribution in [1.29, 1.82) is 0 Å². The molecule has 0 unspecified atom stereocenters. The first kappa shape index (κ1) is 29.4. The van der Waals surface area contributed by atoms with Crippen molar-refractivity contribution in [3.63, 3.8) is 0 Å². The van der Waals surface area contributed by atoms with Crippen LogP contribution in [0, 0.1) is 0 Å². The van der Waals surface area contributed by atoms with E-state index in [2.05, 4.69) is 0 Å². The number of carboxylic acids is 2. The molecule has 78 valence electrons. The third-order valence-corrected chi connectivity index (χ3v) is 0.271. The van der Waals surface area contributed by atoms with Gasteiger partial charge in [0.15, 0.2) is 0 Å². The number of hydrogen-bond donors (Lipinski definition) is 4. The van der Waals surface area contributed by atoms with Crippen LogP contribution in [-0.2, 0) is 29.1 Å². The van der Waals surface area contributed by atoms with E-state index in [0.29, 0.717) is 0 Å². The molecule has 0 saturated carbocycles. The molecule has 0 aromatic rings. The first-order valence-corrected chi connectivity index (χ1v) is 2.20. The summed E-state index contributed by atoms with van der Waals surface area (Å²) in [7, 11) is 0. The molecule has 0 fully saturated rings. The van der Waals surface area contributed by atoms with Crippen LogP contribution in [0.25, 0.3) is 0 Å². The predicted molar refractivity (Wildman–Crippen MR) is 36.7 cm³/mol. The smallest absolute Gasteiger partial charge is 0.329 e. The van der Waals surface area contributed by atoms with E-state index in [1.807, 2.05) is 0 Å². The minimum Gasteiger partial charge on any atom is -0.480 e. The summed E-state index contributed by atoms with van der Waals surface area (Å²) in [6.45, 7) is -1.56. The molecule has 0 aliphatic heterocycles. The number of carbonyl (C=O) groups is 2. The van der Waals surface area contributed by atoms with Crippen LogP contribution in [-0.4, -0.2) is 56.5 Å². The van der Waals surface area contributed by atoms with E-state index >= 15 is 0 Å². The number of aliphatic hydroxyl groups excluding tert-OH is 2. The largest absolute Gasteiger partial charge is 0.480 e. The molecule has 8 nitrogen and oxygen atoms in total. The molecule has 0 aromatic carbocycles. The molecule has 13 heavy (non-hydrogen) atoms. The Morgan fingerprint density at radius 2 is 0.923 bits per heavy atom. The van der Waals surface area contributed by atoms with Crippen LogP contribution in [0.3, 0.4) is 0 Å². The van der Waals surface area contributed by atoms with Gasteiger partial charge in [-0.3, -0.25) is 0 Å². The summed E-state index contributed by atoms with van der Waals surface area (Å²) in [5, 5.41) is 30.0. The second-order valence-corrected chi connectivity index (χ2v) is 1.10. The van der Waals surface area contributed by atoms with E-state index in [1.54, 1.807) is 0 Å². The molecule has 0 spiro atoms. The Kier molecular flexibility index (Phi) is 51.0. The van der Waals surface area contributed by atoms with E-state index in [-0.39, 0.29) is 30.4 Å². The van der Waals surface area contributed by atoms with Gasteiger partial charge in [-0.05, 0) is 0 Å². The summed E-state index contributed by atoms with van der Waals surface area (Å²) in [5.74, 6) is -2.38. The Bertz CT molecular complexity index is 101. The van der Waals surface area contributed by atoms with Crippen molar-refractivity contribution in [3.8, 4) is 0 Å². The van der Waals surface area contributed by atoms with Crippen LogP contribution in [0.15, 0.2) is 0 Å². The zero-order valence-corrected chi connectivity index (χ0v) is 9.69. The normalized spacial score (nSPS) is 5.69. The fourth-order valence-corrected chi connectivity index (χ4v) is 0. The first-order chi connectivity index (χ1) is 4.54. The molecule has 0 aromatic heterocycles. The molecule has 0 radical (unpaired) electrons. The van der Waals surface area contributed by atoms with Crippen molar-refractivity contribution in [2.24, 2.45) is 0 Å². The minimum atomic E-state index is -1.19. The number of aliphatic carboxylic acids is 2. The summed E-state index contributed by atoms with van der Waals surface area (Å²) in [5.41, 5.74) is 0. The van der Waals surface area contributed by atoms with E-state index in [0.717, 1.165) is 0 Å². The van der Waals surface area contributed by atoms with Crippen molar-refractivity contribution in [2.45, 2.75) is 0 Å². The Morgan fingerprint density at radius 1 is 0.846 bits per heavy atom. The Morgan fingerprint density at radius 3 is 0.923 bits per heavy atom. The quantitative estimate of drug-likeness (QED) is 0.370. The Hall–Kier alpha value is -0.597. The molecule has 0 aliphatic carbocycles. The number of carboxylic acid groups (broad SMARTS) is 2. The standard InChI is InChI=1S/2C2H4O3.2H2O.Zn/c2*3-1-2(4)5;;;/h2*3H,1H2,(H,4,5);2*1H2;. The molecule has 0 amide bonds. The summed E-state index contributed by atoms with van der Waals surface area (Å²) < 4.78 is 0. The molecular weight excluding hydrogens is 241 g/mol. The molecule has 8 N–H and O–H groups in total. The molecule has 0 saturated heterocycles. The van der Waals surface area contributed by atoms with Crippen LogP contribution in [0.2, 0.25) is 0 Å². The van der Waals surface area contributed by atoms with Gasteiger partial charge in [0, 0.05) is 19.5 Å². The maximum Gasteiger partial charge on any atom is 0.329 e. The van der Waals surface area contributed by atoms with Gasteiger partial charge in [0.05, 0.1) is 0 Å². The van der Waals surface area contributed by atoms with Gasteiger partial charge in [-0.25, -0.2) is 9.59 Å². The van der Waals surface area contributed by atoms with Crippen LogP contribution in [0.1, 0.15) is 0 Å². The van der Waals surface area contributed by atoms with E-state index in [4.69, 9.17) is 30.0 Å². The minimum absolute atomic E-state index is 0. The van der Waals surface area contributed by atoms with Gasteiger partial charge in [-0.15, -0.1) is 0 Å². The second kappa shape index (κ2) is 22.5. The van der Waals surface area contributed by atoms with E-state index in [9.17, 15) is 0 Å². The van der Waals surface area contributed by atoms with Crippen molar-refractivity contribution in [2.75, 3.05) is 13.2 Å². The third kappa shape index (κ3) is 87.1. The number of hydrogen-bond acceptors (Lipinski definition) is 4. The first-order valence-electron chi connectivity index (χ1n) is 2.20. The van der Waals surface area contributed by atoms with Crippen molar-refractivity contribution in [3.05, 3.63) is 0 Å². The van der Waals surface area contributed by atoms with Crippen LogP contribution >= 0.6 is 0 Å². The maximum atomic E-state index is 9.12. The topological polar surface area (TPSA) is 178 Å². The molecule has 9 heteroatoms. The van der Waals surface area contributed by atoms with Crippen molar-refractivity contribution >= 4 is 11.9 Å². The predicted octanol–water partition coefficient (Wildman–Crippen LogP) is -3.53. The maximum absolute atomic E-state index is 9.12. The summed E-state index contributed by atoms with van der Waals surface area (Å²) in [6, 6.07) is 0. The number of rotatable bonds is 2. The summed E-state index contributed by atoms with van der Waals surface area (Å²) >= 11 is 0. The molecular formula is C4H12O8Zn. The van der Waals surface area contributed by atoms with Crippen LogP contribution < -0.4 is 0 Å². The van der Waals surface area contributed by atoms with Gasteiger partial charge in [-0.2, -0.15) is 0 Å². The fraction of sp³-hybridized carbons (Fsp3) is 0.500. The molecule has 0 aliphatic rings. The summed E-state index contributed by atoms with van der Waals surface area (Å²) in [4.78, 5) is 18.2. The molecule has 0 bridgehead atoms. The average molecular weight is 254 g/mol. The summed E-state index contributed by atoms with van der Waals surface area (Å²) in [6.07, 6.45) is 0. The van der Waals surface area contributed by atoms with Gasteiger partial charge in [0.25, 0.3) is 0 Å². The van der Waals surface area contributed by atoms with Gasteiger partial charge in [0.1, 0.15) is 13.2 Å². The molecule has 0 rings (SSSR count). The Labute approximate surface area is 86.2 Å².